The van der Waals surface area contributed by atoms with Gasteiger partial charge in [0.1, 0.15) is 0 Å². The predicted octanol–water partition coefficient (Wildman–Crippen LogP) is 3.34. The molecule has 0 saturated carbocycles. The molecule has 0 saturated heterocycles. The maximum atomic E-state index is 12.9. The van der Waals surface area contributed by atoms with E-state index in [1.807, 2.05) is 41.9 Å². The fraction of sp³-hybridized carbons (Fsp3) is 0.333. The van der Waals surface area contributed by atoms with Crippen molar-refractivity contribution in [2.45, 2.75) is 12.5 Å². The molecule has 1 atom stereocenters. The number of aliphatic hydroxyl groups is 1. The zero-order chi connectivity index (χ0) is 18.0. The third kappa shape index (κ3) is 3.53. The minimum Gasteiger partial charge on any atom is -0.503 e. The first-order chi connectivity index (χ1) is 12.0. The van der Waals surface area contributed by atoms with E-state index in [4.69, 9.17) is 0 Å². The van der Waals surface area contributed by atoms with Crippen LogP contribution in [0, 0.1) is 0 Å². The van der Waals surface area contributed by atoms with Gasteiger partial charge in [-0.25, -0.2) is 0 Å². The van der Waals surface area contributed by atoms with E-state index in [0.29, 0.717) is 11.4 Å². The smallest absolute Gasteiger partial charge is 0.290 e. The minimum atomic E-state index is -0.510. The number of hydrogen-bond acceptors (Lipinski definition) is 6. The van der Waals surface area contributed by atoms with Crippen molar-refractivity contribution in [3.05, 3.63) is 56.1 Å². The molecule has 0 aromatic carbocycles. The Morgan fingerprint density at radius 1 is 1.24 bits per heavy atom. The molecule has 3 heterocycles. The number of hydrogen-bond donors (Lipinski definition) is 1. The van der Waals surface area contributed by atoms with Crippen LogP contribution in [0.15, 0.2) is 46.4 Å². The van der Waals surface area contributed by atoms with E-state index in [1.165, 1.54) is 22.7 Å². The molecule has 2 aromatic heterocycles. The highest BCUT2D eigenvalue weighted by Crippen LogP contribution is 2.41. The Morgan fingerprint density at radius 2 is 1.96 bits per heavy atom. The van der Waals surface area contributed by atoms with E-state index in [0.717, 1.165) is 17.8 Å². The van der Waals surface area contributed by atoms with Crippen molar-refractivity contribution in [1.29, 1.82) is 0 Å². The molecule has 0 bridgehead atoms. The molecule has 0 radical (unpaired) electrons. The van der Waals surface area contributed by atoms with Crippen LogP contribution in [0.4, 0.5) is 0 Å². The predicted molar refractivity (Wildman–Crippen MR) is 100 cm³/mol. The van der Waals surface area contributed by atoms with E-state index in [2.05, 4.69) is 0 Å². The van der Waals surface area contributed by atoms with Crippen LogP contribution < -0.4 is 0 Å². The lowest BCUT2D eigenvalue weighted by atomic mass is 10.0. The number of Topliss-reactive ketones (excluding diaryl/α,β-unsaturated/α-hetero) is 1. The van der Waals surface area contributed by atoms with Crippen LogP contribution >= 0.6 is 22.7 Å². The second-order valence-electron chi connectivity index (χ2n) is 6.14. The van der Waals surface area contributed by atoms with Gasteiger partial charge in [-0.1, -0.05) is 12.1 Å². The van der Waals surface area contributed by atoms with Crippen LogP contribution in [0.5, 0.6) is 0 Å². The van der Waals surface area contributed by atoms with Gasteiger partial charge in [-0.2, -0.15) is 0 Å². The standard InChI is InChI=1S/C18H20N2O3S2/c1-19(2)8-5-9-20-15(12-6-3-10-24-12)14(17(22)18(20)23)16(21)13-7-4-11-25-13/h3-4,6-7,10-11,15,22H,5,8-9H2,1-2H3/t15-/m1/s1. The number of nitrogens with zero attached hydrogens (tertiary/aromatic N) is 2. The lowest BCUT2D eigenvalue weighted by Crippen LogP contribution is -2.33. The highest BCUT2D eigenvalue weighted by atomic mass is 32.1. The minimum absolute atomic E-state index is 0.194. The second-order valence-corrected chi connectivity index (χ2v) is 8.07. The monoisotopic (exact) mass is 376 g/mol. The van der Waals surface area contributed by atoms with Gasteiger partial charge in [0.25, 0.3) is 5.91 Å². The van der Waals surface area contributed by atoms with Crippen LogP contribution in [0.3, 0.4) is 0 Å². The molecular formula is C18H20N2O3S2. The van der Waals surface area contributed by atoms with Gasteiger partial charge in [0, 0.05) is 11.4 Å². The zero-order valence-electron chi connectivity index (χ0n) is 14.1. The van der Waals surface area contributed by atoms with Crippen LogP contribution in [0.1, 0.15) is 27.0 Å². The molecule has 3 rings (SSSR count). The van der Waals surface area contributed by atoms with Crippen molar-refractivity contribution in [3.8, 4) is 0 Å². The van der Waals surface area contributed by atoms with E-state index in [1.54, 1.807) is 17.0 Å². The number of aliphatic hydroxyl groups excluding tert-OH is 1. The summed E-state index contributed by atoms with van der Waals surface area (Å²) in [6.45, 7) is 1.32. The average molecular weight is 377 g/mol. The third-order valence-corrected chi connectivity index (χ3v) is 5.90. The first-order valence-electron chi connectivity index (χ1n) is 8.01. The van der Waals surface area contributed by atoms with Crippen LogP contribution in [-0.2, 0) is 4.79 Å². The van der Waals surface area contributed by atoms with Gasteiger partial charge in [0.15, 0.2) is 5.76 Å². The van der Waals surface area contributed by atoms with Crippen molar-refractivity contribution in [2.75, 3.05) is 27.2 Å². The number of carbonyl (C=O) groups is 2. The van der Waals surface area contributed by atoms with Gasteiger partial charge in [-0.3, -0.25) is 9.59 Å². The molecule has 25 heavy (non-hydrogen) atoms. The summed E-state index contributed by atoms with van der Waals surface area (Å²) >= 11 is 2.80. The molecule has 0 aliphatic carbocycles. The first kappa shape index (κ1) is 17.8. The fourth-order valence-corrected chi connectivity index (χ4v) is 4.48. The van der Waals surface area contributed by atoms with E-state index < -0.39 is 17.7 Å². The largest absolute Gasteiger partial charge is 0.503 e. The summed E-state index contributed by atoms with van der Waals surface area (Å²) < 4.78 is 0. The number of amides is 1. The molecule has 0 unspecified atom stereocenters. The van der Waals surface area contributed by atoms with Gasteiger partial charge < -0.3 is 14.9 Å². The van der Waals surface area contributed by atoms with Crippen molar-refractivity contribution in [2.24, 2.45) is 0 Å². The highest BCUT2D eigenvalue weighted by molar-refractivity contribution is 7.12. The second kappa shape index (κ2) is 7.51. The number of carbonyl (C=O) groups excluding carboxylic acids is 2. The Balaban J connectivity index is 1.94. The Hall–Kier alpha value is -1.96. The molecule has 7 heteroatoms. The molecular weight excluding hydrogens is 356 g/mol. The van der Waals surface area contributed by atoms with Gasteiger partial charge in [-0.05, 0) is 50.0 Å². The molecule has 1 aliphatic heterocycles. The zero-order valence-corrected chi connectivity index (χ0v) is 15.8. The molecule has 0 fully saturated rings. The fourth-order valence-electron chi connectivity index (χ4n) is 2.96. The van der Waals surface area contributed by atoms with Gasteiger partial charge in [0.2, 0.25) is 5.78 Å². The van der Waals surface area contributed by atoms with E-state index in [-0.39, 0.29) is 11.4 Å². The van der Waals surface area contributed by atoms with Crippen LogP contribution in [0.25, 0.3) is 0 Å². The molecule has 1 amide bonds. The summed E-state index contributed by atoms with van der Waals surface area (Å²) in [5.74, 6) is -1.15. The first-order valence-corrected chi connectivity index (χ1v) is 9.77. The van der Waals surface area contributed by atoms with Crippen molar-refractivity contribution in [1.82, 2.24) is 9.80 Å². The molecule has 1 aliphatic rings. The molecule has 0 spiro atoms. The maximum Gasteiger partial charge on any atom is 0.290 e. The molecule has 2 aromatic rings. The Kier molecular flexibility index (Phi) is 5.36. The Morgan fingerprint density at radius 3 is 2.56 bits per heavy atom. The summed E-state index contributed by atoms with van der Waals surface area (Å²) in [4.78, 5) is 30.6. The SMILES string of the molecule is CN(C)CCCN1C(=O)C(O)=C(C(=O)c2cccs2)[C@H]1c1cccs1. The van der Waals surface area contributed by atoms with E-state index >= 15 is 0 Å². The Bertz CT molecular complexity index is 779. The lowest BCUT2D eigenvalue weighted by molar-refractivity contribution is -0.129. The van der Waals surface area contributed by atoms with Crippen molar-refractivity contribution >= 4 is 34.4 Å². The quantitative estimate of drug-likeness (QED) is 0.753. The average Bonchev–Trinajstić information content (AvgIpc) is 3.31. The summed E-state index contributed by atoms with van der Waals surface area (Å²) in [6.07, 6.45) is 0.772. The third-order valence-electron chi connectivity index (χ3n) is 4.11. The topological polar surface area (TPSA) is 60.9 Å². The van der Waals surface area contributed by atoms with Crippen LogP contribution in [0.2, 0.25) is 0 Å². The number of ketones is 1. The van der Waals surface area contributed by atoms with Crippen molar-refractivity contribution < 1.29 is 14.7 Å². The van der Waals surface area contributed by atoms with Gasteiger partial charge in [0.05, 0.1) is 16.5 Å². The molecule has 5 nitrogen and oxygen atoms in total. The van der Waals surface area contributed by atoms with Gasteiger partial charge in [-0.15, -0.1) is 22.7 Å². The Labute approximate surface area is 154 Å². The molecule has 132 valence electrons. The van der Waals surface area contributed by atoms with E-state index in [9.17, 15) is 14.7 Å². The number of rotatable bonds is 7. The summed E-state index contributed by atoms with van der Waals surface area (Å²) in [5.41, 5.74) is 0.194. The van der Waals surface area contributed by atoms with Crippen LogP contribution in [-0.4, -0.2) is 53.8 Å². The normalized spacial score (nSPS) is 17.8. The van der Waals surface area contributed by atoms with Crippen molar-refractivity contribution in [3.63, 3.8) is 0 Å². The maximum absolute atomic E-state index is 12.9. The summed E-state index contributed by atoms with van der Waals surface area (Å²) in [6, 6.07) is 6.80. The summed E-state index contributed by atoms with van der Waals surface area (Å²) in [7, 11) is 3.95. The number of thiophene rings is 2. The summed E-state index contributed by atoms with van der Waals surface area (Å²) in [5, 5.41) is 14.2. The van der Waals surface area contributed by atoms with Gasteiger partial charge >= 0.3 is 0 Å². The highest BCUT2D eigenvalue weighted by Gasteiger charge is 2.44. The lowest BCUT2D eigenvalue weighted by Gasteiger charge is -2.26. The molecule has 1 N–H and O–H groups in total.